The first kappa shape index (κ1) is 13.3. The maximum absolute atomic E-state index is 7.62. The summed E-state index contributed by atoms with van der Waals surface area (Å²) in [6.07, 6.45) is 7.75. The molecule has 0 radical (unpaired) electrons. The van der Waals surface area contributed by atoms with Crippen LogP contribution in [0.5, 0.6) is 0 Å². The van der Waals surface area contributed by atoms with Crippen LogP contribution in [0.4, 0.5) is 0 Å². The topological polar surface area (TPSA) is 40.5 Å². The molecule has 0 atom stereocenters. The van der Waals surface area contributed by atoms with Gasteiger partial charge in [0.2, 0.25) is 0 Å². The van der Waals surface area contributed by atoms with Gasteiger partial charge >= 0.3 is 0 Å². The molecule has 2 heteroatoms. The Labute approximate surface area is 69.6 Å². The SMILES string of the molecule is C1CCC1.C=CC.OCCO. The highest BCUT2D eigenvalue weighted by Gasteiger charge is 1.95. The van der Waals surface area contributed by atoms with Gasteiger partial charge in [-0.1, -0.05) is 31.8 Å². The summed E-state index contributed by atoms with van der Waals surface area (Å²) in [6.45, 7) is 5.00. The minimum Gasteiger partial charge on any atom is -0.394 e. The molecule has 0 aromatic heterocycles. The number of aliphatic hydroxyl groups is 2. The maximum Gasteiger partial charge on any atom is 0.0662 e. The first-order valence-corrected chi connectivity index (χ1v) is 4.12. The molecule has 0 bridgehead atoms. The predicted molar refractivity (Wildman–Crippen MR) is 48.5 cm³/mol. The molecule has 0 spiro atoms. The highest BCUT2D eigenvalue weighted by molar-refractivity contribution is 4.51. The van der Waals surface area contributed by atoms with Crippen molar-refractivity contribution in [3.63, 3.8) is 0 Å². The van der Waals surface area contributed by atoms with Crippen molar-refractivity contribution in [2.75, 3.05) is 13.2 Å². The lowest BCUT2D eigenvalue weighted by atomic mass is 10.0. The molecule has 2 nitrogen and oxygen atoms in total. The predicted octanol–water partition coefficient (Wildman–Crippen LogP) is 1.72. The fourth-order valence-electron chi connectivity index (χ4n) is 0.250. The summed E-state index contributed by atoms with van der Waals surface area (Å²) in [5.41, 5.74) is 0. The zero-order valence-electron chi connectivity index (χ0n) is 7.42. The number of hydrogen-bond acceptors (Lipinski definition) is 2. The van der Waals surface area contributed by atoms with E-state index >= 15 is 0 Å². The van der Waals surface area contributed by atoms with Gasteiger partial charge in [-0.15, -0.1) is 6.58 Å². The van der Waals surface area contributed by atoms with Crippen molar-refractivity contribution in [3.8, 4) is 0 Å². The summed E-state index contributed by atoms with van der Waals surface area (Å²) in [4.78, 5) is 0. The van der Waals surface area contributed by atoms with E-state index in [9.17, 15) is 0 Å². The lowest BCUT2D eigenvalue weighted by Crippen LogP contribution is -1.85. The van der Waals surface area contributed by atoms with Gasteiger partial charge in [0.1, 0.15) is 0 Å². The van der Waals surface area contributed by atoms with Gasteiger partial charge in [0.15, 0.2) is 0 Å². The van der Waals surface area contributed by atoms with Crippen molar-refractivity contribution < 1.29 is 10.2 Å². The van der Waals surface area contributed by atoms with Gasteiger partial charge in [-0.3, -0.25) is 0 Å². The molecule has 0 amide bonds. The summed E-state index contributed by atoms with van der Waals surface area (Å²) in [7, 11) is 0. The van der Waals surface area contributed by atoms with Gasteiger partial charge in [0, 0.05) is 0 Å². The molecule has 1 fully saturated rings. The molecule has 0 aliphatic heterocycles. The average Bonchev–Trinajstić information content (AvgIpc) is 1.85. The molecule has 1 rings (SSSR count). The second kappa shape index (κ2) is 16.3. The van der Waals surface area contributed by atoms with E-state index in [1.54, 1.807) is 6.08 Å². The van der Waals surface area contributed by atoms with Gasteiger partial charge in [-0.2, -0.15) is 0 Å². The van der Waals surface area contributed by atoms with Crippen molar-refractivity contribution in [3.05, 3.63) is 12.7 Å². The minimum absolute atomic E-state index is 0.125. The van der Waals surface area contributed by atoms with Crippen LogP contribution < -0.4 is 0 Å². The Morgan fingerprint density at radius 2 is 1.27 bits per heavy atom. The van der Waals surface area contributed by atoms with Crippen LogP contribution in [0.2, 0.25) is 0 Å². The molecule has 68 valence electrons. The highest BCUT2D eigenvalue weighted by Crippen LogP contribution is 2.15. The molecule has 1 aliphatic rings. The Kier molecular flexibility index (Phi) is 19.7. The van der Waals surface area contributed by atoms with Crippen molar-refractivity contribution in [2.45, 2.75) is 32.6 Å². The van der Waals surface area contributed by atoms with E-state index in [1.807, 2.05) is 6.92 Å². The molecule has 0 saturated heterocycles. The zero-order chi connectivity index (χ0) is 8.95. The first-order chi connectivity index (χ1) is 5.33. The van der Waals surface area contributed by atoms with E-state index < -0.39 is 0 Å². The number of rotatable bonds is 1. The van der Waals surface area contributed by atoms with E-state index in [1.165, 1.54) is 25.7 Å². The Morgan fingerprint density at radius 1 is 1.09 bits per heavy atom. The molecule has 1 saturated carbocycles. The van der Waals surface area contributed by atoms with Crippen LogP contribution in [-0.2, 0) is 0 Å². The summed E-state index contributed by atoms with van der Waals surface area (Å²) >= 11 is 0. The number of hydrogen-bond donors (Lipinski definition) is 2. The monoisotopic (exact) mass is 160 g/mol. The summed E-state index contributed by atoms with van der Waals surface area (Å²) in [5.74, 6) is 0. The Hall–Kier alpha value is -0.340. The standard InChI is InChI=1S/C4H8.C3H6.C2H6O2/c1-2-4-3-1;1-3-2;3-1-2-4/h1-4H2;3H,1H2,2H3;3-4H,1-2H2. The molecule has 1 aliphatic carbocycles. The lowest BCUT2D eigenvalue weighted by molar-refractivity contribution is 0.186. The van der Waals surface area contributed by atoms with Crippen molar-refractivity contribution in [1.29, 1.82) is 0 Å². The Balaban J connectivity index is 0. The quantitative estimate of drug-likeness (QED) is 0.573. The minimum atomic E-state index is -0.125. The van der Waals surface area contributed by atoms with Crippen LogP contribution in [0.25, 0.3) is 0 Å². The van der Waals surface area contributed by atoms with Crippen LogP contribution in [0.1, 0.15) is 32.6 Å². The summed E-state index contributed by atoms with van der Waals surface area (Å²) in [6, 6.07) is 0. The van der Waals surface area contributed by atoms with Gasteiger partial charge in [-0.25, -0.2) is 0 Å². The lowest BCUT2D eigenvalue weighted by Gasteiger charge is -2.05. The zero-order valence-corrected chi connectivity index (χ0v) is 7.42. The molecule has 0 aromatic rings. The fourth-order valence-corrected chi connectivity index (χ4v) is 0.250. The summed E-state index contributed by atoms with van der Waals surface area (Å²) < 4.78 is 0. The summed E-state index contributed by atoms with van der Waals surface area (Å²) in [5, 5.41) is 15.2. The third-order valence-electron chi connectivity index (χ3n) is 1.10. The number of allylic oxidation sites excluding steroid dienone is 1. The molecule has 0 unspecified atom stereocenters. The first-order valence-electron chi connectivity index (χ1n) is 4.12. The third kappa shape index (κ3) is 26.1. The van der Waals surface area contributed by atoms with E-state index in [0.29, 0.717) is 0 Å². The Bertz CT molecular complexity index is 52.6. The molecule has 2 N–H and O–H groups in total. The van der Waals surface area contributed by atoms with E-state index in [-0.39, 0.29) is 13.2 Å². The molecule has 0 aromatic carbocycles. The van der Waals surface area contributed by atoms with Crippen LogP contribution in [0.3, 0.4) is 0 Å². The maximum atomic E-state index is 7.62. The molecular weight excluding hydrogens is 140 g/mol. The van der Waals surface area contributed by atoms with Crippen LogP contribution >= 0.6 is 0 Å². The van der Waals surface area contributed by atoms with Gasteiger partial charge in [-0.05, 0) is 6.92 Å². The van der Waals surface area contributed by atoms with Crippen molar-refractivity contribution in [2.24, 2.45) is 0 Å². The number of aliphatic hydroxyl groups excluding tert-OH is 2. The van der Waals surface area contributed by atoms with Crippen LogP contribution in [-0.4, -0.2) is 23.4 Å². The normalized spacial score (nSPS) is 12.6. The smallest absolute Gasteiger partial charge is 0.0662 e. The van der Waals surface area contributed by atoms with Crippen LogP contribution in [0, 0.1) is 0 Å². The Morgan fingerprint density at radius 3 is 1.27 bits per heavy atom. The van der Waals surface area contributed by atoms with Crippen molar-refractivity contribution in [1.82, 2.24) is 0 Å². The van der Waals surface area contributed by atoms with E-state index in [4.69, 9.17) is 10.2 Å². The largest absolute Gasteiger partial charge is 0.394 e. The average molecular weight is 160 g/mol. The third-order valence-corrected chi connectivity index (χ3v) is 1.10. The van der Waals surface area contributed by atoms with Gasteiger partial charge < -0.3 is 10.2 Å². The second-order valence-corrected chi connectivity index (χ2v) is 2.27. The molecule has 11 heavy (non-hydrogen) atoms. The fraction of sp³-hybridized carbons (Fsp3) is 0.778. The van der Waals surface area contributed by atoms with Gasteiger partial charge in [0.25, 0.3) is 0 Å². The highest BCUT2D eigenvalue weighted by atomic mass is 16.3. The molecule has 0 heterocycles. The van der Waals surface area contributed by atoms with Crippen LogP contribution in [0.15, 0.2) is 12.7 Å². The van der Waals surface area contributed by atoms with Crippen molar-refractivity contribution >= 4 is 0 Å². The van der Waals surface area contributed by atoms with E-state index in [2.05, 4.69) is 6.58 Å². The van der Waals surface area contributed by atoms with Gasteiger partial charge in [0.05, 0.1) is 13.2 Å². The second-order valence-electron chi connectivity index (χ2n) is 2.27. The molecular formula is C9H20O2. The van der Waals surface area contributed by atoms with E-state index in [0.717, 1.165) is 0 Å².